The number of nitrogens with one attached hydrogen (secondary N) is 1. The lowest BCUT2D eigenvalue weighted by Gasteiger charge is -2.33. The van der Waals surface area contributed by atoms with E-state index in [9.17, 15) is 4.79 Å². The molecule has 0 radical (unpaired) electrons. The van der Waals surface area contributed by atoms with Gasteiger partial charge in [0.1, 0.15) is 12.1 Å². The molecule has 2 aromatic carbocycles. The maximum Gasteiger partial charge on any atom is 0.250 e. The van der Waals surface area contributed by atoms with Gasteiger partial charge in [0.05, 0.1) is 17.1 Å². The number of likely N-dealkylation sites (N-methyl/N-ethyl adjacent to an activating group) is 1. The molecule has 1 fully saturated rings. The van der Waals surface area contributed by atoms with E-state index in [-0.39, 0.29) is 6.04 Å². The molecule has 4 rings (SSSR count). The average molecular weight is 420 g/mol. The summed E-state index contributed by atoms with van der Waals surface area (Å²) in [6, 6.07) is 13.3. The molecule has 0 saturated carbocycles. The number of anilines is 2. The molecule has 1 aliphatic heterocycles. The van der Waals surface area contributed by atoms with Crippen molar-refractivity contribution in [3.05, 3.63) is 59.9 Å². The lowest BCUT2D eigenvalue weighted by atomic mass is 10.0. The van der Waals surface area contributed by atoms with Crippen LogP contribution in [-0.4, -0.2) is 65.4 Å². The van der Waals surface area contributed by atoms with Crippen LogP contribution in [0.5, 0.6) is 0 Å². The van der Waals surface area contributed by atoms with Crippen molar-refractivity contribution in [3.8, 4) is 0 Å². The van der Waals surface area contributed by atoms with Gasteiger partial charge in [-0.1, -0.05) is 18.2 Å². The summed E-state index contributed by atoms with van der Waals surface area (Å²) in [5.41, 5.74) is 14.4. The van der Waals surface area contributed by atoms with Crippen molar-refractivity contribution in [2.45, 2.75) is 12.5 Å². The first-order chi connectivity index (χ1) is 15.0. The van der Waals surface area contributed by atoms with Crippen molar-refractivity contribution in [3.63, 3.8) is 0 Å². The molecule has 0 spiro atoms. The Bertz CT molecular complexity index is 1060. The molecule has 0 aliphatic carbocycles. The van der Waals surface area contributed by atoms with Crippen LogP contribution in [0.2, 0.25) is 0 Å². The molecule has 3 aromatic rings. The average Bonchev–Trinajstić information content (AvgIpc) is 2.77. The number of carbonyl (C=O) groups is 1. The lowest BCUT2D eigenvalue weighted by molar-refractivity contribution is 0.100. The molecule has 5 N–H and O–H groups in total. The van der Waals surface area contributed by atoms with Crippen molar-refractivity contribution in [1.29, 1.82) is 0 Å². The van der Waals surface area contributed by atoms with Crippen LogP contribution in [0, 0.1) is 0 Å². The molecule has 1 atom stereocenters. The monoisotopic (exact) mass is 419 g/mol. The van der Waals surface area contributed by atoms with Gasteiger partial charge in [-0.05, 0) is 43.3 Å². The zero-order valence-electron chi connectivity index (χ0n) is 17.8. The number of amides is 1. The molecule has 31 heavy (non-hydrogen) atoms. The molecule has 8 nitrogen and oxygen atoms in total. The van der Waals surface area contributed by atoms with Crippen LogP contribution in [0.15, 0.2) is 48.8 Å². The predicted octanol–water partition coefficient (Wildman–Crippen LogP) is 2.10. The summed E-state index contributed by atoms with van der Waals surface area (Å²) in [5, 5.41) is 4.35. The van der Waals surface area contributed by atoms with Crippen molar-refractivity contribution < 1.29 is 4.79 Å². The van der Waals surface area contributed by atoms with Crippen molar-refractivity contribution >= 4 is 28.3 Å². The van der Waals surface area contributed by atoms with Crippen LogP contribution in [0.1, 0.15) is 28.4 Å². The van der Waals surface area contributed by atoms with Crippen molar-refractivity contribution in [2.75, 3.05) is 50.8 Å². The van der Waals surface area contributed by atoms with Crippen LogP contribution in [0.25, 0.3) is 10.9 Å². The highest BCUT2D eigenvalue weighted by atomic mass is 16.1. The van der Waals surface area contributed by atoms with E-state index in [4.69, 9.17) is 11.5 Å². The van der Waals surface area contributed by atoms with Crippen LogP contribution in [-0.2, 0) is 0 Å². The number of nitrogen functional groups attached to an aromatic ring is 1. The summed E-state index contributed by atoms with van der Waals surface area (Å²) < 4.78 is 0. The van der Waals surface area contributed by atoms with Gasteiger partial charge in [-0.15, -0.1) is 0 Å². The minimum atomic E-state index is -0.502. The summed E-state index contributed by atoms with van der Waals surface area (Å²) in [5.74, 6) is 0.177. The second-order valence-corrected chi connectivity index (χ2v) is 8.09. The van der Waals surface area contributed by atoms with Gasteiger partial charge in [0, 0.05) is 43.8 Å². The Morgan fingerprint density at radius 3 is 2.65 bits per heavy atom. The number of carbonyl (C=O) groups excluding carboxylic acids is 1. The Hall–Kier alpha value is -3.23. The van der Waals surface area contributed by atoms with Crippen LogP contribution >= 0.6 is 0 Å². The van der Waals surface area contributed by atoms with E-state index in [1.165, 1.54) is 6.33 Å². The zero-order valence-corrected chi connectivity index (χ0v) is 17.8. The third-order valence-corrected chi connectivity index (χ3v) is 5.88. The van der Waals surface area contributed by atoms with E-state index in [2.05, 4.69) is 38.2 Å². The predicted molar refractivity (Wildman–Crippen MR) is 124 cm³/mol. The first kappa shape index (κ1) is 21.0. The van der Waals surface area contributed by atoms with Crippen molar-refractivity contribution in [1.82, 2.24) is 19.8 Å². The van der Waals surface area contributed by atoms with E-state index in [1.807, 2.05) is 24.3 Å². The number of rotatable bonds is 7. The quantitative estimate of drug-likeness (QED) is 0.503. The van der Waals surface area contributed by atoms with Crippen LogP contribution in [0.4, 0.5) is 11.5 Å². The fraction of sp³-hybridized carbons (Fsp3) is 0.348. The van der Waals surface area contributed by atoms with Crippen LogP contribution in [0.3, 0.4) is 0 Å². The highest BCUT2D eigenvalue weighted by Crippen LogP contribution is 2.28. The number of nitrogens with two attached hydrogens (primary N) is 2. The number of piperazine rings is 1. The molecule has 1 unspecified atom stereocenters. The lowest BCUT2D eigenvalue weighted by Crippen LogP contribution is -2.45. The molecule has 162 valence electrons. The first-order valence-corrected chi connectivity index (χ1v) is 10.6. The second-order valence-electron chi connectivity index (χ2n) is 8.09. The fourth-order valence-electron chi connectivity index (χ4n) is 4.05. The van der Waals surface area contributed by atoms with Crippen LogP contribution < -0.4 is 16.8 Å². The van der Waals surface area contributed by atoms with Gasteiger partial charge in [0.2, 0.25) is 0 Å². The van der Waals surface area contributed by atoms with E-state index >= 15 is 0 Å². The largest absolute Gasteiger partial charge is 0.399 e. The number of hydrogen-bond acceptors (Lipinski definition) is 7. The number of fused-ring (bicyclic) bond motifs is 1. The Morgan fingerprint density at radius 2 is 1.90 bits per heavy atom. The van der Waals surface area contributed by atoms with Gasteiger partial charge < -0.3 is 26.6 Å². The molecule has 0 bridgehead atoms. The SMILES string of the molecule is CN1CCN(CCC(Nc2ncnc3c(C(N)=O)cccc23)c2cccc(N)c2)CC1. The first-order valence-electron chi connectivity index (χ1n) is 10.6. The number of para-hydroxylation sites is 1. The summed E-state index contributed by atoms with van der Waals surface area (Å²) >= 11 is 0. The smallest absolute Gasteiger partial charge is 0.250 e. The number of primary amides is 1. The molecular weight excluding hydrogens is 390 g/mol. The highest BCUT2D eigenvalue weighted by Gasteiger charge is 2.19. The Labute approximate surface area is 182 Å². The van der Waals surface area contributed by atoms with E-state index < -0.39 is 5.91 Å². The third-order valence-electron chi connectivity index (χ3n) is 5.88. The van der Waals surface area contributed by atoms with E-state index in [0.29, 0.717) is 16.9 Å². The second kappa shape index (κ2) is 9.28. The topological polar surface area (TPSA) is 113 Å². The van der Waals surface area contributed by atoms with Gasteiger partial charge in [0.25, 0.3) is 5.91 Å². The van der Waals surface area contributed by atoms with Gasteiger partial charge in [-0.2, -0.15) is 0 Å². The maximum atomic E-state index is 11.8. The minimum absolute atomic E-state index is 0.0125. The Balaban J connectivity index is 1.61. The van der Waals surface area contributed by atoms with Gasteiger partial charge in [0.15, 0.2) is 0 Å². The molecular formula is C23H29N7O. The normalized spacial score (nSPS) is 16.3. The standard InChI is InChI=1S/C23H29N7O/c1-29-10-12-30(13-11-29)9-8-20(16-4-2-5-17(24)14-16)28-23-19-7-3-6-18(22(25)31)21(19)26-15-27-23/h2-7,14-15,20H,8-13,24H2,1H3,(H2,25,31)(H,26,27,28). The minimum Gasteiger partial charge on any atom is -0.399 e. The van der Waals surface area contributed by atoms with E-state index in [0.717, 1.165) is 55.8 Å². The molecule has 1 saturated heterocycles. The molecule has 1 aliphatic rings. The zero-order chi connectivity index (χ0) is 21.8. The summed E-state index contributed by atoms with van der Waals surface area (Å²) in [4.78, 5) is 25.4. The Morgan fingerprint density at radius 1 is 1.13 bits per heavy atom. The van der Waals surface area contributed by atoms with Gasteiger partial charge in [-0.3, -0.25) is 4.79 Å². The van der Waals surface area contributed by atoms with E-state index in [1.54, 1.807) is 12.1 Å². The molecule has 1 amide bonds. The fourth-order valence-corrected chi connectivity index (χ4v) is 4.05. The van der Waals surface area contributed by atoms with Gasteiger partial charge in [-0.25, -0.2) is 9.97 Å². The number of benzene rings is 2. The summed E-state index contributed by atoms with van der Waals surface area (Å²) in [6.07, 6.45) is 2.36. The molecule has 2 heterocycles. The number of aromatic nitrogens is 2. The summed E-state index contributed by atoms with van der Waals surface area (Å²) in [6.45, 7) is 5.28. The maximum absolute atomic E-state index is 11.8. The number of hydrogen-bond donors (Lipinski definition) is 3. The number of nitrogens with zero attached hydrogens (tertiary/aromatic N) is 4. The highest BCUT2D eigenvalue weighted by molar-refractivity contribution is 6.06. The van der Waals surface area contributed by atoms with Gasteiger partial charge >= 0.3 is 0 Å². The molecule has 1 aromatic heterocycles. The van der Waals surface area contributed by atoms with Crippen molar-refractivity contribution in [2.24, 2.45) is 5.73 Å². The molecule has 8 heteroatoms. The third kappa shape index (κ3) is 4.92. The summed E-state index contributed by atoms with van der Waals surface area (Å²) in [7, 11) is 2.16. The Kier molecular flexibility index (Phi) is 6.29.